The Morgan fingerprint density at radius 2 is 2.23 bits per heavy atom. The van der Waals surface area contributed by atoms with Crippen LogP contribution in [0.2, 0.25) is 0 Å². The third-order valence-corrected chi connectivity index (χ3v) is 4.57. The van der Waals surface area contributed by atoms with Crippen molar-refractivity contribution in [1.29, 1.82) is 0 Å². The highest BCUT2D eigenvalue weighted by Gasteiger charge is 2.32. The Hall–Kier alpha value is -2.11. The summed E-state index contributed by atoms with van der Waals surface area (Å²) in [5.74, 6) is 1.34. The number of carbonyl (C=O) groups is 1. The van der Waals surface area contributed by atoms with Crippen molar-refractivity contribution in [2.75, 3.05) is 6.54 Å². The van der Waals surface area contributed by atoms with Gasteiger partial charge in [0.15, 0.2) is 5.69 Å². The summed E-state index contributed by atoms with van der Waals surface area (Å²) < 4.78 is 7.22. The van der Waals surface area contributed by atoms with Crippen LogP contribution in [0.25, 0.3) is 0 Å². The predicted molar refractivity (Wildman–Crippen MR) is 79.4 cm³/mol. The van der Waals surface area contributed by atoms with E-state index in [0.717, 1.165) is 51.0 Å². The smallest absolute Gasteiger partial charge is 0.276 e. The average Bonchev–Trinajstić information content (AvgIpc) is 3.06. The standard InChI is InChI=1S/C16H20N4O2/c21-16(14-10-15(22-18-14)12-5-6-12)20-9-2-1-4-13(20)11-19-8-3-7-17-19/h3,7-8,10,12-13H,1-2,4-6,9,11H2. The van der Waals surface area contributed by atoms with Gasteiger partial charge in [-0.2, -0.15) is 5.10 Å². The number of piperidine rings is 1. The van der Waals surface area contributed by atoms with E-state index in [-0.39, 0.29) is 11.9 Å². The molecule has 0 radical (unpaired) electrons. The van der Waals surface area contributed by atoms with Crippen molar-refractivity contribution in [3.8, 4) is 0 Å². The SMILES string of the molecule is O=C(c1cc(C2CC2)on1)N1CCCCC1Cn1cccn1. The minimum atomic E-state index is -0.00694. The molecule has 1 amide bonds. The molecule has 2 aliphatic rings. The largest absolute Gasteiger partial charge is 0.360 e. The highest BCUT2D eigenvalue weighted by Crippen LogP contribution is 2.40. The second kappa shape index (κ2) is 5.59. The molecule has 1 atom stereocenters. The Kier molecular flexibility index (Phi) is 3.44. The van der Waals surface area contributed by atoms with Crippen molar-refractivity contribution in [3.05, 3.63) is 36.0 Å². The number of nitrogens with zero attached hydrogens (tertiary/aromatic N) is 4. The van der Waals surface area contributed by atoms with E-state index in [4.69, 9.17) is 4.52 Å². The summed E-state index contributed by atoms with van der Waals surface area (Å²) in [6.45, 7) is 1.53. The Morgan fingerprint density at radius 3 is 3.00 bits per heavy atom. The zero-order chi connectivity index (χ0) is 14.9. The molecule has 116 valence electrons. The van der Waals surface area contributed by atoms with Gasteiger partial charge in [-0.3, -0.25) is 9.48 Å². The molecular weight excluding hydrogens is 280 g/mol. The summed E-state index contributed by atoms with van der Waals surface area (Å²) in [4.78, 5) is 14.7. The molecule has 1 saturated carbocycles. The Bertz CT molecular complexity index is 645. The number of hydrogen-bond acceptors (Lipinski definition) is 4. The summed E-state index contributed by atoms with van der Waals surface area (Å²) in [7, 11) is 0. The number of hydrogen-bond donors (Lipinski definition) is 0. The van der Waals surface area contributed by atoms with Gasteiger partial charge in [0.2, 0.25) is 0 Å². The van der Waals surface area contributed by atoms with Crippen LogP contribution in [-0.2, 0) is 6.54 Å². The minimum absolute atomic E-state index is 0.00694. The summed E-state index contributed by atoms with van der Waals surface area (Å²) in [6.07, 6.45) is 9.23. The van der Waals surface area contributed by atoms with E-state index < -0.39 is 0 Å². The molecule has 2 fully saturated rings. The highest BCUT2D eigenvalue weighted by atomic mass is 16.5. The van der Waals surface area contributed by atoms with Crippen LogP contribution in [0.5, 0.6) is 0 Å². The lowest BCUT2D eigenvalue weighted by Gasteiger charge is -2.35. The first-order valence-electron chi connectivity index (χ1n) is 8.06. The lowest BCUT2D eigenvalue weighted by molar-refractivity contribution is 0.0573. The van der Waals surface area contributed by atoms with Crippen molar-refractivity contribution in [1.82, 2.24) is 19.8 Å². The lowest BCUT2D eigenvalue weighted by Crippen LogP contribution is -2.46. The normalized spacial score (nSPS) is 22.0. The van der Waals surface area contributed by atoms with Crippen LogP contribution >= 0.6 is 0 Å². The van der Waals surface area contributed by atoms with E-state index in [2.05, 4.69) is 10.3 Å². The van der Waals surface area contributed by atoms with Gasteiger partial charge in [-0.25, -0.2) is 0 Å². The van der Waals surface area contributed by atoms with Gasteiger partial charge in [0.1, 0.15) is 5.76 Å². The molecule has 6 nitrogen and oxygen atoms in total. The van der Waals surface area contributed by atoms with Gasteiger partial charge in [-0.1, -0.05) is 5.16 Å². The summed E-state index contributed by atoms with van der Waals surface area (Å²) in [5.41, 5.74) is 0.453. The molecule has 0 spiro atoms. The molecule has 2 aromatic heterocycles. The lowest BCUT2D eigenvalue weighted by atomic mass is 10.0. The molecule has 22 heavy (non-hydrogen) atoms. The molecule has 0 aromatic carbocycles. The van der Waals surface area contributed by atoms with Crippen LogP contribution in [0.15, 0.2) is 29.0 Å². The second-order valence-corrected chi connectivity index (χ2v) is 6.27. The third kappa shape index (κ3) is 2.65. The van der Waals surface area contributed by atoms with Crippen molar-refractivity contribution >= 4 is 5.91 Å². The first kappa shape index (κ1) is 13.5. The summed E-state index contributed by atoms with van der Waals surface area (Å²) in [6, 6.07) is 3.93. The minimum Gasteiger partial charge on any atom is -0.360 e. The first-order valence-corrected chi connectivity index (χ1v) is 8.06. The zero-order valence-electron chi connectivity index (χ0n) is 12.5. The maximum Gasteiger partial charge on any atom is 0.276 e. The fourth-order valence-corrected chi connectivity index (χ4v) is 3.18. The molecule has 3 heterocycles. The van der Waals surface area contributed by atoms with Crippen molar-refractivity contribution < 1.29 is 9.32 Å². The van der Waals surface area contributed by atoms with Gasteiger partial charge >= 0.3 is 0 Å². The quantitative estimate of drug-likeness (QED) is 0.870. The van der Waals surface area contributed by atoms with E-state index in [0.29, 0.717) is 11.6 Å². The molecular formula is C16H20N4O2. The Labute approximate surface area is 129 Å². The molecule has 1 aliphatic carbocycles. The number of carbonyl (C=O) groups excluding carboxylic acids is 1. The first-order chi connectivity index (χ1) is 10.8. The van der Waals surface area contributed by atoms with E-state index in [1.54, 1.807) is 6.20 Å². The van der Waals surface area contributed by atoms with E-state index >= 15 is 0 Å². The fraction of sp³-hybridized carbons (Fsp3) is 0.562. The van der Waals surface area contributed by atoms with E-state index in [9.17, 15) is 4.79 Å². The molecule has 6 heteroatoms. The van der Waals surface area contributed by atoms with Gasteiger partial charge in [0.25, 0.3) is 5.91 Å². The molecule has 1 aliphatic heterocycles. The Balaban J connectivity index is 1.50. The topological polar surface area (TPSA) is 64.2 Å². The zero-order valence-corrected chi connectivity index (χ0v) is 12.5. The van der Waals surface area contributed by atoms with Crippen LogP contribution in [0.4, 0.5) is 0 Å². The molecule has 1 saturated heterocycles. The molecule has 0 bridgehead atoms. The van der Waals surface area contributed by atoms with E-state index in [1.165, 1.54) is 0 Å². The fourth-order valence-electron chi connectivity index (χ4n) is 3.18. The number of rotatable bonds is 4. The molecule has 2 aromatic rings. The predicted octanol–water partition coefficient (Wildman–Crippen LogP) is 2.44. The Morgan fingerprint density at radius 1 is 1.32 bits per heavy atom. The monoisotopic (exact) mass is 300 g/mol. The summed E-state index contributed by atoms with van der Waals surface area (Å²) in [5, 5.41) is 8.25. The number of amides is 1. The summed E-state index contributed by atoms with van der Waals surface area (Å²) >= 11 is 0. The van der Waals surface area contributed by atoms with Gasteiger partial charge in [0.05, 0.1) is 12.6 Å². The van der Waals surface area contributed by atoms with Crippen LogP contribution < -0.4 is 0 Å². The molecule has 0 N–H and O–H groups in total. The maximum atomic E-state index is 12.8. The van der Waals surface area contributed by atoms with Gasteiger partial charge < -0.3 is 9.42 Å². The van der Waals surface area contributed by atoms with Crippen LogP contribution in [-0.4, -0.2) is 38.3 Å². The number of likely N-dealkylation sites (tertiary alicyclic amines) is 1. The van der Waals surface area contributed by atoms with Gasteiger partial charge in [-0.15, -0.1) is 0 Å². The van der Waals surface area contributed by atoms with Gasteiger partial charge in [0, 0.05) is 30.9 Å². The molecule has 4 rings (SSSR count). The third-order valence-electron chi connectivity index (χ3n) is 4.57. The van der Waals surface area contributed by atoms with Crippen LogP contribution in [0.1, 0.15) is 54.3 Å². The van der Waals surface area contributed by atoms with Crippen molar-refractivity contribution in [2.45, 2.75) is 50.6 Å². The van der Waals surface area contributed by atoms with Gasteiger partial charge in [-0.05, 0) is 38.2 Å². The second-order valence-electron chi connectivity index (χ2n) is 6.27. The van der Waals surface area contributed by atoms with Crippen LogP contribution in [0.3, 0.4) is 0 Å². The molecule has 1 unspecified atom stereocenters. The van der Waals surface area contributed by atoms with E-state index in [1.807, 2.05) is 27.9 Å². The highest BCUT2D eigenvalue weighted by molar-refractivity contribution is 5.92. The van der Waals surface area contributed by atoms with Crippen molar-refractivity contribution in [2.24, 2.45) is 0 Å². The van der Waals surface area contributed by atoms with Crippen LogP contribution in [0, 0.1) is 0 Å². The maximum absolute atomic E-state index is 12.8. The van der Waals surface area contributed by atoms with Crippen molar-refractivity contribution in [3.63, 3.8) is 0 Å². The average molecular weight is 300 g/mol. The number of aromatic nitrogens is 3.